The summed E-state index contributed by atoms with van der Waals surface area (Å²) in [5.41, 5.74) is 6.54. The highest BCUT2D eigenvalue weighted by Crippen LogP contribution is 2.27. The van der Waals surface area contributed by atoms with Gasteiger partial charge in [0.15, 0.2) is 0 Å². The van der Waals surface area contributed by atoms with Crippen LogP contribution in [0.15, 0.2) is 47.6 Å². The summed E-state index contributed by atoms with van der Waals surface area (Å²) in [4.78, 5) is 11.4. The fourth-order valence-corrected chi connectivity index (χ4v) is 2.63. The number of halogens is 1. The average Bonchev–Trinajstić information content (AvgIpc) is 2.52. The van der Waals surface area contributed by atoms with E-state index < -0.39 is 0 Å². The van der Waals surface area contributed by atoms with Gasteiger partial charge in [0.25, 0.3) is 0 Å². The van der Waals surface area contributed by atoms with Crippen molar-refractivity contribution in [3.63, 3.8) is 0 Å². The van der Waals surface area contributed by atoms with Gasteiger partial charge in [0.1, 0.15) is 0 Å². The number of ether oxygens (including phenoxy) is 1. The zero-order valence-electron chi connectivity index (χ0n) is 15.9. The third kappa shape index (κ3) is 6.75. The molecule has 1 aromatic rings. The standard InChI is InChI=1S/C22H27ClO2/c1-7-25-21(24)13-16(3)10-8-9-15(2)11-12-20-17(4)14-18(5)22(23)19(20)6/h8-14H,7H2,1-6H3. The maximum absolute atomic E-state index is 11.4. The lowest BCUT2D eigenvalue weighted by molar-refractivity contribution is -0.137. The van der Waals surface area contributed by atoms with Gasteiger partial charge in [-0.05, 0) is 69.4 Å². The van der Waals surface area contributed by atoms with Crippen molar-refractivity contribution in [3.05, 3.63) is 74.9 Å². The van der Waals surface area contributed by atoms with Gasteiger partial charge in [0.05, 0.1) is 6.61 Å². The Morgan fingerprint density at radius 2 is 1.80 bits per heavy atom. The van der Waals surface area contributed by atoms with Crippen LogP contribution in [0.4, 0.5) is 0 Å². The molecule has 25 heavy (non-hydrogen) atoms. The summed E-state index contributed by atoms with van der Waals surface area (Å²) in [6.07, 6.45) is 11.5. The SMILES string of the molecule is CCOC(=O)C=C(C)C=CC=C(C)C=Cc1c(C)cc(C)c(Cl)c1C. The van der Waals surface area contributed by atoms with Crippen molar-refractivity contribution in [2.24, 2.45) is 0 Å². The minimum absolute atomic E-state index is 0.313. The topological polar surface area (TPSA) is 26.3 Å². The minimum Gasteiger partial charge on any atom is -0.463 e. The maximum atomic E-state index is 11.4. The lowest BCUT2D eigenvalue weighted by atomic mass is 9.98. The van der Waals surface area contributed by atoms with E-state index in [-0.39, 0.29) is 5.97 Å². The van der Waals surface area contributed by atoms with E-state index in [1.165, 1.54) is 11.6 Å². The molecule has 0 aliphatic heterocycles. The molecule has 0 atom stereocenters. The summed E-state index contributed by atoms with van der Waals surface area (Å²) < 4.78 is 4.88. The van der Waals surface area contributed by atoms with Crippen LogP contribution in [-0.2, 0) is 9.53 Å². The Balaban J connectivity index is 2.86. The van der Waals surface area contributed by atoms with Gasteiger partial charge in [0.2, 0.25) is 0 Å². The number of esters is 1. The van der Waals surface area contributed by atoms with E-state index in [2.05, 4.69) is 25.1 Å². The second kappa shape index (κ2) is 10.0. The highest BCUT2D eigenvalue weighted by atomic mass is 35.5. The molecule has 0 aliphatic rings. The third-order valence-electron chi connectivity index (χ3n) is 3.80. The fourth-order valence-electron chi connectivity index (χ4n) is 2.47. The number of aryl methyl sites for hydroxylation is 2. The van der Waals surface area contributed by atoms with Crippen LogP contribution in [-0.4, -0.2) is 12.6 Å². The van der Waals surface area contributed by atoms with Crippen molar-refractivity contribution in [1.29, 1.82) is 0 Å². The molecule has 0 unspecified atom stereocenters. The normalized spacial score (nSPS) is 13.1. The summed E-state index contributed by atoms with van der Waals surface area (Å²) in [7, 11) is 0. The third-order valence-corrected chi connectivity index (χ3v) is 4.38. The molecule has 0 radical (unpaired) electrons. The van der Waals surface area contributed by atoms with Gasteiger partial charge in [-0.1, -0.05) is 53.6 Å². The molecule has 1 rings (SSSR count). The molecule has 0 saturated carbocycles. The highest BCUT2D eigenvalue weighted by molar-refractivity contribution is 6.32. The summed E-state index contributed by atoms with van der Waals surface area (Å²) in [5.74, 6) is -0.313. The van der Waals surface area contributed by atoms with Gasteiger partial charge in [-0.2, -0.15) is 0 Å². The van der Waals surface area contributed by atoms with Crippen LogP contribution in [0.1, 0.15) is 43.0 Å². The highest BCUT2D eigenvalue weighted by Gasteiger charge is 2.06. The van der Waals surface area contributed by atoms with E-state index >= 15 is 0 Å². The number of rotatable bonds is 6. The molecular formula is C22H27ClO2. The second-order valence-electron chi connectivity index (χ2n) is 6.11. The molecule has 0 amide bonds. The molecule has 1 aromatic carbocycles. The Labute approximate surface area is 156 Å². The Morgan fingerprint density at radius 3 is 2.44 bits per heavy atom. The van der Waals surface area contributed by atoms with Crippen LogP contribution >= 0.6 is 11.6 Å². The first-order valence-corrected chi connectivity index (χ1v) is 8.78. The van der Waals surface area contributed by atoms with Crippen molar-refractivity contribution < 1.29 is 9.53 Å². The van der Waals surface area contributed by atoms with Crippen LogP contribution in [0, 0.1) is 20.8 Å². The van der Waals surface area contributed by atoms with E-state index in [4.69, 9.17) is 16.3 Å². The van der Waals surface area contributed by atoms with Crippen LogP contribution < -0.4 is 0 Å². The van der Waals surface area contributed by atoms with Crippen molar-refractivity contribution in [2.75, 3.05) is 6.61 Å². The Morgan fingerprint density at radius 1 is 1.12 bits per heavy atom. The van der Waals surface area contributed by atoms with Crippen molar-refractivity contribution >= 4 is 23.6 Å². The van der Waals surface area contributed by atoms with Gasteiger partial charge in [-0.25, -0.2) is 4.79 Å². The minimum atomic E-state index is -0.313. The van der Waals surface area contributed by atoms with E-state index in [0.717, 1.165) is 32.9 Å². The fraction of sp³-hybridized carbons (Fsp3) is 0.318. The molecule has 3 heteroatoms. The molecule has 0 heterocycles. The van der Waals surface area contributed by atoms with E-state index in [9.17, 15) is 4.79 Å². The monoisotopic (exact) mass is 358 g/mol. The molecule has 0 fully saturated rings. The molecule has 0 bridgehead atoms. The first-order chi connectivity index (χ1) is 11.8. The summed E-state index contributed by atoms with van der Waals surface area (Å²) in [6.45, 7) is 12.2. The summed E-state index contributed by atoms with van der Waals surface area (Å²) >= 11 is 6.35. The maximum Gasteiger partial charge on any atom is 0.330 e. The van der Waals surface area contributed by atoms with Gasteiger partial charge >= 0.3 is 5.97 Å². The number of hydrogen-bond donors (Lipinski definition) is 0. The van der Waals surface area contributed by atoms with Crippen LogP contribution in [0.5, 0.6) is 0 Å². The molecule has 0 N–H and O–H groups in total. The van der Waals surface area contributed by atoms with Crippen molar-refractivity contribution in [2.45, 2.75) is 41.5 Å². The molecule has 0 saturated heterocycles. The second-order valence-corrected chi connectivity index (χ2v) is 6.48. The van der Waals surface area contributed by atoms with Crippen molar-refractivity contribution in [3.8, 4) is 0 Å². The summed E-state index contributed by atoms with van der Waals surface area (Å²) in [6, 6.07) is 2.11. The Bertz CT molecular complexity index is 750. The first kappa shape index (κ1) is 21.0. The molecule has 0 aliphatic carbocycles. The molecular weight excluding hydrogens is 332 g/mol. The zero-order chi connectivity index (χ0) is 19.0. The van der Waals surface area contributed by atoms with Crippen molar-refractivity contribution in [1.82, 2.24) is 0 Å². The number of carbonyl (C=O) groups excluding carboxylic acids is 1. The lowest BCUT2D eigenvalue weighted by Gasteiger charge is -2.10. The van der Waals surface area contributed by atoms with Gasteiger partial charge in [0, 0.05) is 11.1 Å². The molecule has 2 nitrogen and oxygen atoms in total. The molecule has 0 aromatic heterocycles. The molecule has 134 valence electrons. The van der Waals surface area contributed by atoms with E-state index in [0.29, 0.717) is 6.61 Å². The first-order valence-electron chi connectivity index (χ1n) is 8.40. The Hall–Kier alpha value is -2.06. The molecule has 0 spiro atoms. The quantitative estimate of drug-likeness (QED) is 0.339. The largest absolute Gasteiger partial charge is 0.463 e. The predicted molar refractivity (Wildman–Crippen MR) is 108 cm³/mol. The Kier molecular flexibility index (Phi) is 8.44. The van der Waals surface area contributed by atoms with Gasteiger partial charge in [-0.3, -0.25) is 0 Å². The number of benzene rings is 1. The van der Waals surface area contributed by atoms with Crippen LogP contribution in [0.3, 0.4) is 0 Å². The number of allylic oxidation sites excluding steroid dienone is 6. The summed E-state index contributed by atoms with van der Waals surface area (Å²) in [5, 5.41) is 0.825. The van der Waals surface area contributed by atoms with Crippen LogP contribution in [0.25, 0.3) is 6.08 Å². The lowest BCUT2D eigenvalue weighted by Crippen LogP contribution is -1.99. The van der Waals surface area contributed by atoms with E-state index in [1.54, 1.807) is 6.92 Å². The van der Waals surface area contributed by atoms with E-state index in [1.807, 2.05) is 45.9 Å². The van der Waals surface area contributed by atoms with Crippen LogP contribution in [0.2, 0.25) is 5.02 Å². The van der Waals surface area contributed by atoms with Gasteiger partial charge in [-0.15, -0.1) is 0 Å². The predicted octanol–water partition coefficient (Wildman–Crippen LogP) is 6.29. The number of carbonyl (C=O) groups is 1. The zero-order valence-corrected chi connectivity index (χ0v) is 16.7. The average molecular weight is 359 g/mol. The van der Waals surface area contributed by atoms with Gasteiger partial charge < -0.3 is 4.74 Å². The number of hydrogen-bond acceptors (Lipinski definition) is 2. The smallest absolute Gasteiger partial charge is 0.330 e.